The number of aryl methyl sites for hydroxylation is 2. The molecule has 2 aromatic rings. The van der Waals surface area contributed by atoms with Gasteiger partial charge in [-0.2, -0.15) is 0 Å². The monoisotopic (exact) mass is 257 g/mol. The highest BCUT2D eigenvalue weighted by molar-refractivity contribution is 5.69. The minimum Gasteiger partial charge on any atom is -0.496 e. The molecule has 1 aromatic heterocycles. The van der Waals surface area contributed by atoms with E-state index in [1.54, 1.807) is 7.11 Å². The van der Waals surface area contributed by atoms with Crippen molar-refractivity contribution in [2.45, 2.75) is 27.7 Å². The molecule has 0 aliphatic carbocycles. The lowest BCUT2D eigenvalue weighted by Gasteiger charge is -2.15. The Morgan fingerprint density at radius 2 is 1.63 bits per heavy atom. The first-order valence-corrected chi connectivity index (χ1v) is 6.20. The summed E-state index contributed by atoms with van der Waals surface area (Å²) in [5.41, 5.74) is 12.0. The second-order valence-electron chi connectivity index (χ2n) is 4.82. The largest absolute Gasteiger partial charge is 0.496 e. The van der Waals surface area contributed by atoms with Crippen molar-refractivity contribution in [2.75, 3.05) is 12.8 Å². The van der Waals surface area contributed by atoms with Gasteiger partial charge in [0, 0.05) is 5.56 Å². The van der Waals surface area contributed by atoms with Gasteiger partial charge in [0.25, 0.3) is 0 Å². The van der Waals surface area contributed by atoms with E-state index in [-0.39, 0.29) is 0 Å². The summed E-state index contributed by atoms with van der Waals surface area (Å²) in [5.74, 6) is 1.41. The number of anilines is 1. The predicted octanol–water partition coefficient (Wildman–Crippen LogP) is 2.97. The van der Waals surface area contributed by atoms with Crippen LogP contribution in [0.4, 0.5) is 5.82 Å². The number of ether oxygens (including phenoxy) is 1. The zero-order valence-electron chi connectivity index (χ0n) is 12.0. The van der Waals surface area contributed by atoms with E-state index >= 15 is 0 Å². The summed E-state index contributed by atoms with van der Waals surface area (Å²) >= 11 is 0. The van der Waals surface area contributed by atoms with Crippen LogP contribution in [0.15, 0.2) is 12.1 Å². The molecule has 4 nitrogen and oxygen atoms in total. The highest BCUT2D eigenvalue weighted by Crippen LogP contribution is 2.33. The average Bonchev–Trinajstić information content (AvgIpc) is 2.38. The zero-order valence-corrected chi connectivity index (χ0v) is 12.0. The van der Waals surface area contributed by atoms with Crippen LogP contribution in [0.25, 0.3) is 11.3 Å². The van der Waals surface area contributed by atoms with Gasteiger partial charge < -0.3 is 10.5 Å². The Hall–Kier alpha value is -2.10. The first-order valence-electron chi connectivity index (χ1n) is 6.20. The molecule has 0 unspecified atom stereocenters. The first kappa shape index (κ1) is 13.3. The number of methoxy groups -OCH3 is 1. The smallest absolute Gasteiger partial charge is 0.149 e. The van der Waals surface area contributed by atoms with Crippen molar-refractivity contribution in [2.24, 2.45) is 0 Å². The third-order valence-electron chi connectivity index (χ3n) is 3.53. The molecule has 0 radical (unpaired) electrons. The molecule has 0 bridgehead atoms. The average molecular weight is 257 g/mol. The normalized spacial score (nSPS) is 10.6. The maximum Gasteiger partial charge on any atom is 0.149 e. The number of hydrogen-bond acceptors (Lipinski definition) is 4. The van der Waals surface area contributed by atoms with E-state index in [0.717, 1.165) is 39.3 Å². The summed E-state index contributed by atoms with van der Waals surface area (Å²) in [6, 6.07) is 4.05. The van der Waals surface area contributed by atoms with Gasteiger partial charge in [0.2, 0.25) is 0 Å². The summed E-state index contributed by atoms with van der Waals surface area (Å²) in [4.78, 5) is 0. The van der Waals surface area contributed by atoms with E-state index in [0.29, 0.717) is 5.82 Å². The molecule has 100 valence electrons. The van der Waals surface area contributed by atoms with Crippen LogP contribution in [-0.2, 0) is 0 Å². The van der Waals surface area contributed by atoms with Crippen molar-refractivity contribution in [3.05, 3.63) is 34.4 Å². The van der Waals surface area contributed by atoms with E-state index in [1.807, 2.05) is 19.9 Å². The molecule has 0 aliphatic heterocycles. The second-order valence-corrected chi connectivity index (χ2v) is 4.82. The summed E-state index contributed by atoms with van der Waals surface area (Å²) in [5, 5.41) is 8.19. The lowest BCUT2D eigenvalue weighted by atomic mass is 9.96. The Kier molecular flexibility index (Phi) is 3.42. The fraction of sp³-hybridized carbons (Fsp3) is 0.333. The topological polar surface area (TPSA) is 61.0 Å². The zero-order chi connectivity index (χ0) is 14.2. The van der Waals surface area contributed by atoms with Crippen LogP contribution < -0.4 is 10.5 Å². The Bertz CT molecular complexity index is 636. The van der Waals surface area contributed by atoms with Crippen molar-refractivity contribution in [1.82, 2.24) is 10.2 Å². The van der Waals surface area contributed by atoms with Crippen LogP contribution in [0, 0.1) is 27.7 Å². The SMILES string of the molecule is COc1c(C)cc(-c2cc(C)c(N)nn2)c(C)c1C. The maximum absolute atomic E-state index is 5.72. The molecular formula is C15H19N3O. The number of aromatic nitrogens is 2. The van der Waals surface area contributed by atoms with Crippen LogP contribution in [0.3, 0.4) is 0 Å². The Morgan fingerprint density at radius 3 is 2.21 bits per heavy atom. The molecule has 0 saturated heterocycles. The standard InChI is InChI=1S/C15H19N3O/c1-8-6-12(10(3)11(4)14(8)19-5)13-7-9(2)15(16)18-17-13/h6-7H,1-5H3,(H2,16,18). The predicted molar refractivity (Wildman–Crippen MR) is 77.4 cm³/mol. The van der Waals surface area contributed by atoms with Crippen molar-refractivity contribution in [3.63, 3.8) is 0 Å². The quantitative estimate of drug-likeness (QED) is 0.898. The van der Waals surface area contributed by atoms with E-state index in [4.69, 9.17) is 10.5 Å². The van der Waals surface area contributed by atoms with Gasteiger partial charge in [0.1, 0.15) is 11.6 Å². The molecule has 4 heteroatoms. The van der Waals surface area contributed by atoms with Crippen molar-refractivity contribution < 1.29 is 4.74 Å². The van der Waals surface area contributed by atoms with Gasteiger partial charge in [-0.3, -0.25) is 0 Å². The van der Waals surface area contributed by atoms with Gasteiger partial charge in [0.15, 0.2) is 0 Å². The summed E-state index contributed by atoms with van der Waals surface area (Å²) in [7, 11) is 1.70. The Balaban J connectivity index is 2.66. The number of nitrogens with zero attached hydrogens (tertiary/aromatic N) is 2. The highest BCUT2D eigenvalue weighted by Gasteiger charge is 2.13. The van der Waals surface area contributed by atoms with Gasteiger partial charge in [-0.05, 0) is 62.1 Å². The lowest BCUT2D eigenvalue weighted by Crippen LogP contribution is -2.01. The van der Waals surface area contributed by atoms with Gasteiger partial charge in [0.05, 0.1) is 12.8 Å². The van der Waals surface area contributed by atoms with Crippen molar-refractivity contribution in [3.8, 4) is 17.0 Å². The molecule has 0 aliphatic rings. The fourth-order valence-electron chi connectivity index (χ4n) is 2.26. The molecule has 0 fully saturated rings. The third kappa shape index (κ3) is 2.26. The summed E-state index contributed by atoms with van der Waals surface area (Å²) in [6.07, 6.45) is 0. The lowest BCUT2D eigenvalue weighted by molar-refractivity contribution is 0.408. The number of rotatable bonds is 2. The number of benzene rings is 1. The molecule has 19 heavy (non-hydrogen) atoms. The van der Waals surface area contributed by atoms with Crippen molar-refractivity contribution in [1.29, 1.82) is 0 Å². The van der Waals surface area contributed by atoms with Crippen molar-refractivity contribution >= 4 is 5.82 Å². The van der Waals surface area contributed by atoms with Crippen LogP contribution in [0.5, 0.6) is 5.75 Å². The number of nitrogen functional groups attached to an aromatic ring is 1. The molecular weight excluding hydrogens is 238 g/mol. The Morgan fingerprint density at radius 1 is 0.947 bits per heavy atom. The van der Waals surface area contributed by atoms with Crippen LogP contribution >= 0.6 is 0 Å². The number of nitrogens with two attached hydrogens (primary N) is 1. The van der Waals surface area contributed by atoms with E-state index in [1.165, 1.54) is 0 Å². The van der Waals surface area contributed by atoms with Gasteiger partial charge in [-0.25, -0.2) is 0 Å². The maximum atomic E-state index is 5.72. The van der Waals surface area contributed by atoms with Crippen LogP contribution in [0.1, 0.15) is 22.3 Å². The molecule has 0 spiro atoms. The van der Waals surface area contributed by atoms with Crippen LogP contribution in [0.2, 0.25) is 0 Å². The second kappa shape index (κ2) is 4.88. The molecule has 2 rings (SSSR count). The Labute approximate surface area is 113 Å². The van der Waals surface area contributed by atoms with Gasteiger partial charge in [-0.1, -0.05) is 0 Å². The van der Waals surface area contributed by atoms with E-state index < -0.39 is 0 Å². The fourth-order valence-corrected chi connectivity index (χ4v) is 2.26. The molecule has 1 aromatic carbocycles. The third-order valence-corrected chi connectivity index (χ3v) is 3.53. The van der Waals surface area contributed by atoms with Gasteiger partial charge >= 0.3 is 0 Å². The molecule has 0 atom stereocenters. The first-order chi connectivity index (χ1) is 8.95. The molecule has 0 amide bonds. The summed E-state index contributed by atoms with van der Waals surface area (Å²) in [6.45, 7) is 8.10. The van der Waals surface area contributed by atoms with E-state index in [9.17, 15) is 0 Å². The molecule has 2 N–H and O–H groups in total. The highest BCUT2D eigenvalue weighted by atomic mass is 16.5. The van der Waals surface area contributed by atoms with Gasteiger partial charge in [-0.15, -0.1) is 10.2 Å². The molecule has 0 saturated carbocycles. The number of hydrogen-bond donors (Lipinski definition) is 1. The minimum atomic E-state index is 0.475. The van der Waals surface area contributed by atoms with Crippen LogP contribution in [-0.4, -0.2) is 17.3 Å². The minimum absolute atomic E-state index is 0.475. The van der Waals surface area contributed by atoms with E-state index in [2.05, 4.69) is 30.1 Å². The molecule has 1 heterocycles. The summed E-state index contributed by atoms with van der Waals surface area (Å²) < 4.78 is 5.43.